The number of rotatable bonds is 3. The summed E-state index contributed by atoms with van der Waals surface area (Å²) in [6.45, 7) is 2.54. The summed E-state index contributed by atoms with van der Waals surface area (Å²) in [7, 11) is 0. The number of phenolic OH excluding ortho intramolecular Hbond substituents is 1. The average molecular weight is 263 g/mol. The second-order valence-electron chi connectivity index (χ2n) is 4.96. The van der Waals surface area contributed by atoms with Gasteiger partial charge in [-0.25, -0.2) is 0 Å². The molecule has 1 heterocycles. The van der Waals surface area contributed by atoms with Gasteiger partial charge in [-0.1, -0.05) is 6.92 Å². The number of hydrogen-bond acceptors (Lipinski definition) is 3. The van der Waals surface area contributed by atoms with Gasteiger partial charge in [0, 0.05) is 18.7 Å². The third kappa shape index (κ3) is 2.41. The Balaban J connectivity index is 2.14. The molecule has 5 heteroatoms. The lowest BCUT2D eigenvalue weighted by Gasteiger charge is -2.23. The van der Waals surface area contributed by atoms with Crippen LogP contribution in [-0.4, -0.2) is 40.1 Å². The Labute approximate surface area is 111 Å². The number of likely N-dealkylation sites (tertiary alicyclic amines) is 1. The second kappa shape index (κ2) is 4.91. The predicted octanol–water partition coefficient (Wildman–Crippen LogP) is 1.72. The summed E-state index contributed by atoms with van der Waals surface area (Å²) < 4.78 is 0. The van der Waals surface area contributed by atoms with Crippen molar-refractivity contribution in [3.05, 3.63) is 29.8 Å². The Morgan fingerprint density at radius 3 is 2.42 bits per heavy atom. The van der Waals surface area contributed by atoms with Crippen LogP contribution in [0.15, 0.2) is 24.3 Å². The van der Waals surface area contributed by atoms with Crippen molar-refractivity contribution in [3.8, 4) is 5.75 Å². The van der Waals surface area contributed by atoms with Gasteiger partial charge in [-0.15, -0.1) is 0 Å². The van der Waals surface area contributed by atoms with Crippen molar-refractivity contribution in [2.75, 3.05) is 13.1 Å². The molecule has 0 spiro atoms. The minimum absolute atomic E-state index is 0.103. The van der Waals surface area contributed by atoms with Gasteiger partial charge in [0.05, 0.1) is 5.41 Å². The van der Waals surface area contributed by atoms with Crippen LogP contribution in [0.1, 0.15) is 30.1 Å². The first-order valence-electron chi connectivity index (χ1n) is 6.30. The van der Waals surface area contributed by atoms with E-state index in [1.165, 1.54) is 12.1 Å². The average Bonchev–Trinajstić information content (AvgIpc) is 2.84. The maximum absolute atomic E-state index is 12.2. The molecule has 1 aliphatic rings. The summed E-state index contributed by atoms with van der Waals surface area (Å²) in [5.74, 6) is -0.918. The molecule has 0 saturated carbocycles. The minimum atomic E-state index is -0.837. The summed E-state index contributed by atoms with van der Waals surface area (Å²) in [6.07, 6.45) is 1.00. The number of aliphatic carboxylic acids is 1. The SMILES string of the molecule is CCC1(C(=O)O)CCN(C(=O)c2ccc(O)cc2)C1. The van der Waals surface area contributed by atoms with E-state index in [1.807, 2.05) is 6.92 Å². The molecule has 102 valence electrons. The van der Waals surface area contributed by atoms with E-state index in [2.05, 4.69) is 0 Å². The highest BCUT2D eigenvalue weighted by molar-refractivity contribution is 5.95. The molecule has 1 fully saturated rings. The summed E-state index contributed by atoms with van der Waals surface area (Å²) in [4.78, 5) is 25.1. The van der Waals surface area contributed by atoms with Gasteiger partial charge in [0.1, 0.15) is 5.75 Å². The van der Waals surface area contributed by atoms with E-state index < -0.39 is 11.4 Å². The lowest BCUT2D eigenvalue weighted by molar-refractivity contribution is -0.148. The van der Waals surface area contributed by atoms with Crippen LogP contribution in [0.3, 0.4) is 0 Å². The quantitative estimate of drug-likeness (QED) is 0.870. The van der Waals surface area contributed by atoms with Crippen LogP contribution in [0.25, 0.3) is 0 Å². The van der Waals surface area contributed by atoms with Gasteiger partial charge in [-0.3, -0.25) is 9.59 Å². The number of carbonyl (C=O) groups excluding carboxylic acids is 1. The number of aromatic hydroxyl groups is 1. The van der Waals surface area contributed by atoms with Gasteiger partial charge in [-0.2, -0.15) is 0 Å². The Bertz CT molecular complexity index is 497. The molecule has 0 radical (unpaired) electrons. The molecule has 0 aromatic heterocycles. The van der Waals surface area contributed by atoms with Gasteiger partial charge in [-0.05, 0) is 37.1 Å². The minimum Gasteiger partial charge on any atom is -0.508 e. The Hall–Kier alpha value is -2.04. The summed E-state index contributed by atoms with van der Waals surface area (Å²) in [5, 5.41) is 18.5. The Morgan fingerprint density at radius 2 is 1.95 bits per heavy atom. The molecule has 1 aromatic rings. The van der Waals surface area contributed by atoms with Crippen molar-refractivity contribution in [3.63, 3.8) is 0 Å². The molecule has 5 nitrogen and oxygen atoms in total. The summed E-state index contributed by atoms with van der Waals surface area (Å²) in [6, 6.07) is 6.00. The molecule has 0 bridgehead atoms. The predicted molar refractivity (Wildman–Crippen MR) is 69.0 cm³/mol. The molecule has 1 saturated heterocycles. The van der Waals surface area contributed by atoms with E-state index in [9.17, 15) is 19.8 Å². The molecule has 1 atom stereocenters. The number of carboxylic acids is 1. The van der Waals surface area contributed by atoms with Crippen molar-refractivity contribution in [2.24, 2.45) is 5.41 Å². The van der Waals surface area contributed by atoms with Gasteiger partial charge in [0.15, 0.2) is 0 Å². The molecule has 2 rings (SSSR count). The Kier molecular flexibility index (Phi) is 3.46. The van der Waals surface area contributed by atoms with Crippen LogP contribution in [0, 0.1) is 5.41 Å². The van der Waals surface area contributed by atoms with Crippen LogP contribution in [0.2, 0.25) is 0 Å². The number of carbonyl (C=O) groups is 2. The first-order valence-corrected chi connectivity index (χ1v) is 6.30. The lowest BCUT2D eigenvalue weighted by Crippen LogP contribution is -2.36. The number of nitrogens with zero attached hydrogens (tertiary/aromatic N) is 1. The first-order chi connectivity index (χ1) is 8.98. The standard InChI is InChI=1S/C14H17NO4/c1-2-14(13(18)19)7-8-15(9-14)12(17)10-3-5-11(16)6-4-10/h3-6,16H,2,7-9H2,1H3,(H,18,19). The van der Waals surface area contributed by atoms with Crippen LogP contribution in [0.4, 0.5) is 0 Å². The van der Waals surface area contributed by atoms with Gasteiger partial charge in [0.25, 0.3) is 5.91 Å². The number of carboxylic acid groups (broad SMARTS) is 1. The maximum Gasteiger partial charge on any atom is 0.311 e. The highest BCUT2D eigenvalue weighted by atomic mass is 16.4. The fraction of sp³-hybridized carbons (Fsp3) is 0.429. The number of hydrogen-bond donors (Lipinski definition) is 2. The topological polar surface area (TPSA) is 77.8 Å². The molecule has 1 amide bonds. The van der Waals surface area contributed by atoms with Crippen molar-refractivity contribution in [1.82, 2.24) is 4.90 Å². The monoisotopic (exact) mass is 263 g/mol. The van der Waals surface area contributed by atoms with E-state index in [0.717, 1.165) is 0 Å². The smallest absolute Gasteiger partial charge is 0.311 e. The van der Waals surface area contributed by atoms with E-state index in [1.54, 1.807) is 17.0 Å². The molecule has 2 N–H and O–H groups in total. The van der Waals surface area contributed by atoms with Crippen molar-refractivity contribution in [1.29, 1.82) is 0 Å². The number of benzene rings is 1. The van der Waals surface area contributed by atoms with Crippen LogP contribution in [-0.2, 0) is 4.79 Å². The maximum atomic E-state index is 12.2. The van der Waals surface area contributed by atoms with E-state index in [0.29, 0.717) is 24.9 Å². The zero-order valence-corrected chi connectivity index (χ0v) is 10.8. The zero-order chi connectivity index (χ0) is 14.0. The summed E-state index contributed by atoms with van der Waals surface area (Å²) >= 11 is 0. The second-order valence-corrected chi connectivity index (χ2v) is 4.96. The molecular formula is C14H17NO4. The highest BCUT2D eigenvalue weighted by Crippen LogP contribution is 2.34. The molecule has 19 heavy (non-hydrogen) atoms. The fourth-order valence-corrected chi connectivity index (χ4v) is 2.45. The van der Waals surface area contributed by atoms with Crippen LogP contribution >= 0.6 is 0 Å². The van der Waals surface area contributed by atoms with Crippen molar-refractivity contribution < 1.29 is 19.8 Å². The van der Waals surface area contributed by atoms with E-state index in [-0.39, 0.29) is 18.2 Å². The van der Waals surface area contributed by atoms with Crippen molar-refractivity contribution in [2.45, 2.75) is 19.8 Å². The summed E-state index contributed by atoms with van der Waals surface area (Å²) in [5.41, 5.74) is -0.345. The zero-order valence-electron chi connectivity index (χ0n) is 10.8. The highest BCUT2D eigenvalue weighted by Gasteiger charge is 2.44. The third-order valence-electron chi connectivity index (χ3n) is 3.89. The fourth-order valence-electron chi connectivity index (χ4n) is 2.45. The molecule has 0 aliphatic carbocycles. The van der Waals surface area contributed by atoms with Crippen molar-refractivity contribution >= 4 is 11.9 Å². The molecular weight excluding hydrogens is 246 g/mol. The Morgan fingerprint density at radius 1 is 1.32 bits per heavy atom. The van der Waals surface area contributed by atoms with Gasteiger partial charge >= 0.3 is 5.97 Å². The molecule has 1 aliphatic heterocycles. The van der Waals surface area contributed by atoms with Gasteiger partial charge in [0.2, 0.25) is 0 Å². The van der Waals surface area contributed by atoms with Crippen LogP contribution < -0.4 is 0 Å². The van der Waals surface area contributed by atoms with E-state index >= 15 is 0 Å². The molecule has 1 unspecified atom stereocenters. The lowest BCUT2D eigenvalue weighted by atomic mass is 9.84. The normalized spacial score (nSPS) is 22.5. The van der Waals surface area contributed by atoms with Crippen LogP contribution in [0.5, 0.6) is 5.75 Å². The number of phenols is 1. The largest absolute Gasteiger partial charge is 0.508 e. The number of amides is 1. The van der Waals surface area contributed by atoms with Gasteiger partial charge < -0.3 is 15.1 Å². The van der Waals surface area contributed by atoms with E-state index in [4.69, 9.17) is 0 Å². The first kappa shape index (κ1) is 13.4. The molecule has 1 aromatic carbocycles. The third-order valence-corrected chi connectivity index (χ3v) is 3.89.